The SMILES string of the molecule is C=CC[C@H]1O[C@@H]2[C@@H](C[C@]1(C)O)O[C@H]1C[C@H]3O[C@H](OC)CC[C@@H]3O[C@]1(C)[C@H]2OCc1ccccc1. The number of hydrogen-bond acceptors (Lipinski definition) is 7. The Labute approximate surface area is 202 Å². The Morgan fingerprint density at radius 2 is 1.88 bits per heavy atom. The maximum atomic E-state index is 11.1. The molecule has 5 rings (SSSR count). The molecule has 0 aromatic heterocycles. The molecule has 1 N–H and O–H groups in total. The number of benzene rings is 1. The quantitative estimate of drug-likeness (QED) is 0.632. The summed E-state index contributed by atoms with van der Waals surface area (Å²) < 4.78 is 38.2. The highest BCUT2D eigenvalue weighted by molar-refractivity contribution is 5.15. The number of methoxy groups -OCH3 is 1. The van der Waals surface area contributed by atoms with Crippen molar-refractivity contribution in [3.05, 3.63) is 48.6 Å². The van der Waals surface area contributed by atoms with Gasteiger partial charge in [0.15, 0.2) is 6.29 Å². The van der Waals surface area contributed by atoms with Gasteiger partial charge < -0.3 is 33.5 Å². The van der Waals surface area contributed by atoms with E-state index < -0.39 is 11.2 Å². The molecule has 0 aliphatic carbocycles. The van der Waals surface area contributed by atoms with Crippen molar-refractivity contribution in [3.63, 3.8) is 0 Å². The Morgan fingerprint density at radius 3 is 2.62 bits per heavy atom. The summed E-state index contributed by atoms with van der Waals surface area (Å²) in [7, 11) is 1.68. The minimum atomic E-state index is -1.02. The summed E-state index contributed by atoms with van der Waals surface area (Å²) in [6.45, 7) is 8.20. The summed E-state index contributed by atoms with van der Waals surface area (Å²) >= 11 is 0. The van der Waals surface area contributed by atoms with Crippen LogP contribution in [0.1, 0.15) is 51.5 Å². The van der Waals surface area contributed by atoms with Gasteiger partial charge in [-0.1, -0.05) is 36.4 Å². The molecule has 4 heterocycles. The van der Waals surface area contributed by atoms with Crippen LogP contribution < -0.4 is 0 Å². The van der Waals surface area contributed by atoms with Crippen molar-refractivity contribution in [3.8, 4) is 0 Å². The van der Waals surface area contributed by atoms with Gasteiger partial charge in [-0.15, -0.1) is 6.58 Å². The van der Waals surface area contributed by atoms with Gasteiger partial charge in [-0.2, -0.15) is 0 Å². The van der Waals surface area contributed by atoms with Gasteiger partial charge in [-0.05, 0) is 32.3 Å². The van der Waals surface area contributed by atoms with Gasteiger partial charge in [0.05, 0.1) is 42.7 Å². The molecule has 188 valence electrons. The topological polar surface area (TPSA) is 75.6 Å². The van der Waals surface area contributed by atoms with Crippen molar-refractivity contribution in [2.45, 2.75) is 113 Å². The van der Waals surface area contributed by atoms with Crippen LogP contribution >= 0.6 is 0 Å². The largest absolute Gasteiger partial charge is 0.387 e. The normalized spacial score (nSPS) is 46.1. The highest BCUT2D eigenvalue weighted by Crippen LogP contribution is 2.49. The fourth-order valence-electron chi connectivity index (χ4n) is 6.13. The van der Waals surface area contributed by atoms with E-state index in [-0.39, 0.29) is 49.0 Å². The molecule has 0 saturated carbocycles. The van der Waals surface area contributed by atoms with Crippen LogP contribution in [0.3, 0.4) is 0 Å². The first-order valence-electron chi connectivity index (χ1n) is 12.5. The zero-order valence-corrected chi connectivity index (χ0v) is 20.4. The molecule has 1 aromatic rings. The van der Waals surface area contributed by atoms with Gasteiger partial charge in [-0.3, -0.25) is 0 Å². The molecule has 10 atom stereocenters. The third-order valence-corrected chi connectivity index (χ3v) is 8.03. The third-order valence-electron chi connectivity index (χ3n) is 8.03. The lowest BCUT2D eigenvalue weighted by atomic mass is 9.73. The summed E-state index contributed by atoms with van der Waals surface area (Å²) in [6, 6.07) is 10.1. The molecule has 0 bridgehead atoms. The molecular formula is C27H38O7. The first-order valence-corrected chi connectivity index (χ1v) is 12.5. The van der Waals surface area contributed by atoms with Crippen molar-refractivity contribution >= 4 is 0 Å². The maximum Gasteiger partial charge on any atom is 0.157 e. The zero-order chi connectivity index (χ0) is 23.9. The number of rotatable bonds is 6. The molecule has 0 spiro atoms. The Hall–Kier alpha value is -1.32. The lowest BCUT2D eigenvalue weighted by molar-refractivity contribution is -0.376. The lowest BCUT2D eigenvalue weighted by Crippen LogP contribution is -2.74. The average Bonchev–Trinajstić information content (AvgIpc) is 2.82. The lowest BCUT2D eigenvalue weighted by Gasteiger charge is -2.60. The highest BCUT2D eigenvalue weighted by atomic mass is 16.7. The predicted molar refractivity (Wildman–Crippen MR) is 125 cm³/mol. The zero-order valence-electron chi connectivity index (χ0n) is 20.4. The standard InChI is InChI=1S/C27H38O7/c1-5-9-21-26(2,28)15-20-24(33-21)25(30-16-17-10-7-6-8-11-17)27(3)22(31-20)14-19-18(34-27)12-13-23(29-4)32-19/h5-8,10-11,18-25,28H,1,9,12-16H2,2-4H3/t18-,19+,20+,21+,22-,23-,24+,25-,26-,27-/m0/s1. The molecule has 0 unspecified atom stereocenters. The van der Waals surface area contributed by atoms with E-state index in [0.717, 1.165) is 18.4 Å². The van der Waals surface area contributed by atoms with E-state index in [1.807, 2.05) is 25.1 Å². The Bertz CT molecular complexity index is 845. The Balaban J connectivity index is 1.43. The van der Waals surface area contributed by atoms with E-state index in [2.05, 4.69) is 25.6 Å². The van der Waals surface area contributed by atoms with Crippen molar-refractivity contribution in [1.29, 1.82) is 0 Å². The number of aliphatic hydroxyl groups is 1. The van der Waals surface area contributed by atoms with Gasteiger partial charge in [0.2, 0.25) is 0 Å². The van der Waals surface area contributed by atoms with E-state index in [9.17, 15) is 5.11 Å². The summed E-state index contributed by atoms with van der Waals surface area (Å²) in [6.07, 6.45) is 3.14. The van der Waals surface area contributed by atoms with Gasteiger partial charge in [0.25, 0.3) is 0 Å². The van der Waals surface area contributed by atoms with Crippen LogP contribution in [0, 0.1) is 0 Å². The van der Waals surface area contributed by atoms with Gasteiger partial charge >= 0.3 is 0 Å². The molecule has 7 heteroatoms. The van der Waals surface area contributed by atoms with Gasteiger partial charge in [0, 0.05) is 26.4 Å². The van der Waals surface area contributed by atoms with Crippen molar-refractivity contribution < 1.29 is 33.5 Å². The summed E-state index contributed by atoms with van der Waals surface area (Å²) in [5.41, 5.74) is -0.635. The average molecular weight is 475 g/mol. The van der Waals surface area contributed by atoms with E-state index >= 15 is 0 Å². The molecule has 4 saturated heterocycles. The fraction of sp³-hybridized carbons (Fsp3) is 0.704. The molecule has 4 aliphatic rings. The molecule has 34 heavy (non-hydrogen) atoms. The summed E-state index contributed by atoms with van der Waals surface area (Å²) in [5, 5.41) is 11.1. The first-order chi connectivity index (χ1) is 16.3. The van der Waals surface area contributed by atoms with E-state index in [0.29, 0.717) is 25.9 Å². The van der Waals surface area contributed by atoms with Gasteiger partial charge in [-0.25, -0.2) is 0 Å². The smallest absolute Gasteiger partial charge is 0.157 e. The molecule has 1 aromatic carbocycles. The van der Waals surface area contributed by atoms with Crippen molar-refractivity contribution in [2.24, 2.45) is 0 Å². The molecule has 7 nitrogen and oxygen atoms in total. The van der Waals surface area contributed by atoms with Gasteiger partial charge in [0.1, 0.15) is 17.8 Å². The summed E-state index contributed by atoms with van der Waals surface area (Å²) in [5.74, 6) is 0. The number of ether oxygens (including phenoxy) is 6. The monoisotopic (exact) mass is 474 g/mol. The minimum Gasteiger partial charge on any atom is -0.387 e. The Kier molecular flexibility index (Phi) is 6.90. The van der Waals surface area contributed by atoms with Crippen LogP contribution in [-0.2, 0) is 35.0 Å². The molecular weight excluding hydrogens is 436 g/mol. The maximum absolute atomic E-state index is 11.1. The predicted octanol–water partition coefficient (Wildman–Crippen LogP) is 3.52. The van der Waals surface area contributed by atoms with Crippen LogP contribution in [0.4, 0.5) is 0 Å². The molecule has 4 fully saturated rings. The second kappa shape index (κ2) is 9.62. The fourth-order valence-corrected chi connectivity index (χ4v) is 6.13. The van der Waals surface area contributed by atoms with Crippen LogP contribution in [0.5, 0.6) is 0 Å². The van der Waals surface area contributed by atoms with E-state index in [1.165, 1.54) is 0 Å². The highest BCUT2D eigenvalue weighted by Gasteiger charge is 2.63. The van der Waals surface area contributed by atoms with Crippen LogP contribution in [0.15, 0.2) is 43.0 Å². The Morgan fingerprint density at radius 1 is 1.09 bits per heavy atom. The third kappa shape index (κ3) is 4.48. The van der Waals surface area contributed by atoms with Crippen LogP contribution in [0.25, 0.3) is 0 Å². The number of fused-ring (bicyclic) bond motifs is 3. The second-order valence-corrected chi connectivity index (χ2v) is 10.5. The summed E-state index contributed by atoms with van der Waals surface area (Å²) in [4.78, 5) is 0. The second-order valence-electron chi connectivity index (χ2n) is 10.5. The van der Waals surface area contributed by atoms with Crippen LogP contribution in [0.2, 0.25) is 0 Å². The first kappa shape index (κ1) is 24.4. The van der Waals surface area contributed by atoms with Crippen molar-refractivity contribution in [2.75, 3.05) is 7.11 Å². The van der Waals surface area contributed by atoms with E-state index in [4.69, 9.17) is 28.4 Å². The van der Waals surface area contributed by atoms with Crippen molar-refractivity contribution in [1.82, 2.24) is 0 Å². The van der Waals surface area contributed by atoms with E-state index in [1.54, 1.807) is 13.2 Å². The minimum absolute atomic E-state index is 0.0497. The molecule has 0 amide bonds. The van der Waals surface area contributed by atoms with Crippen LogP contribution in [-0.4, -0.2) is 72.4 Å². The number of hydrogen-bond donors (Lipinski definition) is 1. The molecule has 4 aliphatic heterocycles. The molecule has 0 radical (unpaired) electrons.